The van der Waals surface area contributed by atoms with Gasteiger partial charge in [0.25, 0.3) is 0 Å². The molecule has 0 unspecified atom stereocenters. The second-order valence-corrected chi connectivity index (χ2v) is 4.95. The van der Waals surface area contributed by atoms with Crippen molar-refractivity contribution in [1.29, 1.82) is 0 Å². The third-order valence-corrected chi connectivity index (χ3v) is 3.30. The normalized spacial score (nSPS) is 14.5. The van der Waals surface area contributed by atoms with Gasteiger partial charge in [-0.25, -0.2) is 8.78 Å². The topological polar surface area (TPSA) is 44.0 Å². The lowest BCUT2D eigenvalue weighted by Gasteiger charge is -2.08. The fraction of sp³-hybridized carbons (Fsp3) is 0.286. The highest BCUT2D eigenvalue weighted by Gasteiger charge is 2.25. The Hall–Kier alpha value is -2.24. The van der Waals surface area contributed by atoms with E-state index >= 15 is 0 Å². The Balaban J connectivity index is 1.97. The lowest BCUT2D eigenvalue weighted by Crippen LogP contribution is -2.40. The Labute approximate surface area is 112 Å². The number of hydrogen-bond acceptors (Lipinski definition) is 2. The van der Waals surface area contributed by atoms with Crippen molar-refractivity contribution in [2.24, 2.45) is 0 Å². The van der Waals surface area contributed by atoms with E-state index in [1.807, 2.05) is 0 Å². The number of aromatic nitrogens is 2. The first-order chi connectivity index (χ1) is 9.54. The number of hydrogen-bond donors (Lipinski definition) is 0. The molecule has 1 aromatic heterocycles. The summed E-state index contributed by atoms with van der Waals surface area (Å²) in [6.07, 6.45) is 4.83. The van der Waals surface area contributed by atoms with Gasteiger partial charge in [0.05, 0.1) is 6.54 Å². The van der Waals surface area contributed by atoms with Gasteiger partial charge >= 0.3 is 11.1 Å². The number of rotatable bonds is 3. The highest BCUT2D eigenvalue weighted by atomic mass is 19.1. The zero-order chi connectivity index (χ0) is 14.3. The van der Waals surface area contributed by atoms with Crippen molar-refractivity contribution < 1.29 is 8.78 Å². The van der Waals surface area contributed by atoms with Crippen LogP contribution in [0.2, 0.25) is 0 Å². The Kier molecular flexibility index (Phi) is 3.00. The molecule has 0 amide bonds. The van der Waals surface area contributed by atoms with Crippen LogP contribution in [-0.2, 0) is 6.54 Å². The van der Waals surface area contributed by atoms with Gasteiger partial charge in [-0.1, -0.05) is 0 Å². The molecule has 20 heavy (non-hydrogen) atoms. The van der Waals surface area contributed by atoms with Gasteiger partial charge in [0.15, 0.2) is 0 Å². The van der Waals surface area contributed by atoms with Crippen LogP contribution in [0.25, 0.3) is 0 Å². The first-order valence-electron chi connectivity index (χ1n) is 6.31. The summed E-state index contributed by atoms with van der Waals surface area (Å²) in [4.78, 5) is 23.8. The lowest BCUT2D eigenvalue weighted by atomic mass is 10.2. The van der Waals surface area contributed by atoms with Crippen LogP contribution in [0.15, 0.2) is 40.2 Å². The molecule has 1 aliphatic carbocycles. The average Bonchev–Trinajstić information content (AvgIpc) is 3.18. The predicted molar refractivity (Wildman–Crippen MR) is 68.7 cm³/mol. The number of nitrogens with zero attached hydrogens (tertiary/aromatic N) is 2. The van der Waals surface area contributed by atoms with Crippen LogP contribution in [-0.4, -0.2) is 9.13 Å². The molecule has 1 aromatic carbocycles. The number of halogens is 2. The van der Waals surface area contributed by atoms with Crippen molar-refractivity contribution in [3.8, 4) is 0 Å². The maximum Gasteiger partial charge on any atom is 0.316 e. The highest BCUT2D eigenvalue weighted by molar-refractivity contribution is 5.18. The Bertz CT molecular complexity index is 755. The van der Waals surface area contributed by atoms with Crippen molar-refractivity contribution in [1.82, 2.24) is 9.13 Å². The lowest BCUT2D eigenvalue weighted by molar-refractivity contribution is 0.575. The third kappa shape index (κ3) is 2.41. The fourth-order valence-electron chi connectivity index (χ4n) is 2.18. The van der Waals surface area contributed by atoms with Gasteiger partial charge in [-0.3, -0.25) is 9.59 Å². The molecule has 1 aliphatic rings. The van der Waals surface area contributed by atoms with Crippen molar-refractivity contribution in [3.05, 3.63) is 68.5 Å². The molecule has 1 fully saturated rings. The minimum atomic E-state index is -0.709. The zero-order valence-electron chi connectivity index (χ0n) is 10.6. The maximum atomic E-state index is 13.1. The van der Waals surface area contributed by atoms with Crippen molar-refractivity contribution in [3.63, 3.8) is 0 Å². The van der Waals surface area contributed by atoms with E-state index in [1.54, 1.807) is 6.20 Å². The molecule has 0 N–H and O–H groups in total. The van der Waals surface area contributed by atoms with Crippen molar-refractivity contribution in [2.45, 2.75) is 25.4 Å². The molecule has 3 rings (SSSR count). The van der Waals surface area contributed by atoms with Crippen LogP contribution in [0.1, 0.15) is 24.4 Å². The van der Waals surface area contributed by atoms with Gasteiger partial charge < -0.3 is 9.13 Å². The summed E-state index contributed by atoms with van der Waals surface area (Å²) in [5, 5.41) is 0. The van der Waals surface area contributed by atoms with Gasteiger partial charge in [0, 0.05) is 24.5 Å². The van der Waals surface area contributed by atoms with Crippen LogP contribution in [0.4, 0.5) is 8.78 Å². The molecule has 0 atom stereocenters. The van der Waals surface area contributed by atoms with Gasteiger partial charge in [0.1, 0.15) is 11.6 Å². The first-order valence-corrected chi connectivity index (χ1v) is 6.31. The minimum Gasteiger partial charge on any atom is -0.306 e. The second kappa shape index (κ2) is 4.70. The van der Waals surface area contributed by atoms with Crippen LogP contribution < -0.4 is 11.1 Å². The molecule has 6 heteroatoms. The molecule has 1 heterocycles. The van der Waals surface area contributed by atoms with E-state index < -0.39 is 22.8 Å². The summed E-state index contributed by atoms with van der Waals surface area (Å²) >= 11 is 0. The molecule has 0 bridgehead atoms. The quantitative estimate of drug-likeness (QED) is 0.802. The standard InChI is InChI=1S/C14H12F2N2O2/c15-10-5-9(6-11(16)7-10)8-17-3-4-18(12-1-2-12)14(20)13(17)19/h3-7,12H,1-2,8H2. The van der Waals surface area contributed by atoms with Gasteiger partial charge in [-0.15, -0.1) is 0 Å². The van der Waals surface area contributed by atoms with E-state index in [9.17, 15) is 18.4 Å². The molecule has 2 aromatic rings. The summed E-state index contributed by atoms with van der Waals surface area (Å²) in [7, 11) is 0. The molecule has 0 radical (unpaired) electrons. The van der Waals surface area contributed by atoms with Crippen molar-refractivity contribution >= 4 is 0 Å². The Morgan fingerprint density at radius 3 is 2.25 bits per heavy atom. The smallest absolute Gasteiger partial charge is 0.306 e. The van der Waals surface area contributed by atoms with E-state index in [0.29, 0.717) is 5.56 Å². The molecular weight excluding hydrogens is 266 g/mol. The van der Waals surface area contributed by atoms with E-state index in [0.717, 1.165) is 35.6 Å². The molecule has 104 valence electrons. The summed E-state index contributed by atoms with van der Waals surface area (Å²) in [6.45, 7) is -0.0335. The largest absolute Gasteiger partial charge is 0.316 e. The summed E-state index contributed by atoms with van der Waals surface area (Å²) < 4.78 is 28.8. The highest BCUT2D eigenvalue weighted by Crippen LogP contribution is 2.32. The molecule has 0 spiro atoms. The van der Waals surface area contributed by atoms with E-state index in [2.05, 4.69) is 0 Å². The Morgan fingerprint density at radius 1 is 1.00 bits per heavy atom. The van der Waals surface area contributed by atoms with E-state index in [-0.39, 0.29) is 12.6 Å². The van der Waals surface area contributed by atoms with Crippen LogP contribution in [0, 0.1) is 11.6 Å². The molecule has 0 saturated heterocycles. The summed E-state index contributed by atoms with van der Waals surface area (Å²) in [5.41, 5.74) is -0.968. The third-order valence-electron chi connectivity index (χ3n) is 3.30. The van der Waals surface area contributed by atoms with Crippen molar-refractivity contribution in [2.75, 3.05) is 0 Å². The minimum absolute atomic E-state index is 0.0335. The maximum absolute atomic E-state index is 13.1. The number of benzene rings is 1. The van der Waals surface area contributed by atoms with Crippen LogP contribution in [0.3, 0.4) is 0 Å². The van der Waals surface area contributed by atoms with E-state index in [1.165, 1.54) is 10.8 Å². The van der Waals surface area contributed by atoms with Crippen LogP contribution in [0.5, 0.6) is 0 Å². The predicted octanol–water partition coefficient (Wildman–Crippen LogP) is 1.67. The zero-order valence-corrected chi connectivity index (χ0v) is 10.6. The van der Waals surface area contributed by atoms with Gasteiger partial charge in [0.2, 0.25) is 0 Å². The molecule has 1 saturated carbocycles. The van der Waals surface area contributed by atoms with E-state index in [4.69, 9.17) is 0 Å². The monoisotopic (exact) mass is 278 g/mol. The SMILES string of the molecule is O=c1c(=O)n(C2CC2)ccn1Cc1cc(F)cc(F)c1. The first kappa shape index (κ1) is 12.8. The second-order valence-electron chi connectivity index (χ2n) is 4.95. The summed E-state index contributed by atoms with van der Waals surface area (Å²) in [6, 6.07) is 3.16. The summed E-state index contributed by atoms with van der Waals surface area (Å²) in [5.74, 6) is -1.42. The molecular formula is C14H12F2N2O2. The average molecular weight is 278 g/mol. The van der Waals surface area contributed by atoms with Gasteiger partial charge in [-0.2, -0.15) is 0 Å². The fourth-order valence-corrected chi connectivity index (χ4v) is 2.18. The van der Waals surface area contributed by atoms with Crippen LogP contribution >= 0.6 is 0 Å². The Morgan fingerprint density at radius 2 is 1.65 bits per heavy atom. The molecule has 0 aliphatic heterocycles. The van der Waals surface area contributed by atoms with Gasteiger partial charge in [-0.05, 0) is 30.5 Å². The molecule has 4 nitrogen and oxygen atoms in total.